The summed E-state index contributed by atoms with van der Waals surface area (Å²) < 4.78 is 18.3. The summed E-state index contributed by atoms with van der Waals surface area (Å²) in [7, 11) is -5.21. The molecule has 2 atom stereocenters. The Kier molecular flexibility index (Phi) is 10.5. The second-order valence-corrected chi connectivity index (χ2v) is 15.7. The first kappa shape index (κ1) is 34.7. The Morgan fingerprint density at radius 3 is 1.28 bits per heavy atom. The fraction of sp³-hybridized carbons (Fsp3) is 0.214. The summed E-state index contributed by atoms with van der Waals surface area (Å²) in [5.41, 5.74) is -2.45. The number of benzene rings is 2. The average Bonchev–Trinajstić information content (AvgIpc) is 2.99. The van der Waals surface area contributed by atoms with Crippen LogP contribution in [-0.4, -0.2) is 58.6 Å². The predicted molar refractivity (Wildman–Crippen MR) is 169 cm³/mol. The summed E-state index contributed by atoms with van der Waals surface area (Å²) in [6, 6.07) is 16.9. The second kappa shape index (κ2) is 13.9. The van der Waals surface area contributed by atoms with Crippen LogP contribution in [0.3, 0.4) is 0 Å². The number of nitro benzene ring substituents is 2. The lowest BCUT2D eigenvalue weighted by Gasteiger charge is -2.42. The first-order valence-corrected chi connectivity index (χ1v) is 17.4. The molecule has 2 N–H and O–H groups in total. The molecule has 0 aliphatic heterocycles. The van der Waals surface area contributed by atoms with Crippen LogP contribution in [0.4, 0.5) is 22.7 Å². The molecule has 0 bridgehead atoms. The van der Waals surface area contributed by atoms with Gasteiger partial charge in [0.15, 0.2) is 12.2 Å². The van der Waals surface area contributed by atoms with E-state index in [1.165, 1.54) is 85.7 Å². The normalized spacial score (nSPS) is 17.0. The van der Waals surface area contributed by atoms with E-state index in [1.54, 1.807) is 12.1 Å². The van der Waals surface area contributed by atoms with Crippen LogP contribution in [0.5, 0.6) is 0 Å². The summed E-state index contributed by atoms with van der Waals surface area (Å²) >= 11 is 0. The topological polar surface area (TPSA) is 258 Å². The van der Waals surface area contributed by atoms with Gasteiger partial charge in [-0.15, -0.1) is 0 Å². The molecule has 0 saturated heterocycles. The van der Waals surface area contributed by atoms with Gasteiger partial charge < -0.3 is 17.8 Å². The molecular formula is C28H24N8O8S2. The number of non-ortho nitro benzene ring substituents is 2. The Labute approximate surface area is 265 Å². The number of nitriles is 4. The third-order valence-corrected chi connectivity index (χ3v) is 8.88. The lowest BCUT2D eigenvalue weighted by molar-refractivity contribution is -0.385. The van der Waals surface area contributed by atoms with Crippen LogP contribution in [0.1, 0.15) is 0 Å². The average molecular weight is 665 g/mol. The van der Waals surface area contributed by atoms with Crippen LogP contribution in [0.2, 0.25) is 0 Å². The van der Waals surface area contributed by atoms with Crippen LogP contribution in [0.25, 0.3) is 0 Å². The van der Waals surface area contributed by atoms with E-state index in [1.807, 2.05) is 0 Å². The number of rotatable bonds is 10. The molecule has 0 spiro atoms. The van der Waals surface area contributed by atoms with Crippen LogP contribution >= 0.6 is 21.0 Å². The zero-order valence-corrected chi connectivity index (χ0v) is 26.2. The molecule has 1 aliphatic rings. The molecule has 0 amide bonds. The minimum atomic E-state index is -2.60. The summed E-state index contributed by atoms with van der Waals surface area (Å²) in [6.07, 6.45) is 2.44. The molecule has 18 heteroatoms. The van der Waals surface area contributed by atoms with Gasteiger partial charge in [-0.25, -0.2) is 0 Å². The van der Waals surface area contributed by atoms with Crippen molar-refractivity contribution >= 4 is 55.3 Å². The number of hydrogen-bond acceptors (Lipinski definition) is 14. The van der Waals surface area contributed by atoms with Crippen LogP contribution < -0.4 is 9.44 Å². The van der Waals surface area contributed by atoms with Gasteiger partial charge in [-0.05, 0) is 24.3 Å². The largest absolute Gasteiger partial charge is 0.328 e. The summed E-state index contributed by atoms with van der Waals surface area (Å²) in [5, 5.41) is 61.0. The van der Waals surface area contributed by atoms with E-state index < -0.39 is 76.9 Å². The van der Waals surface area contributed by atoms with E-state index in [0.29, 0.717) is 11.4 Å². The number of nitrogens with one attached hydrogen (secondary N) is 2. The van der Waals surface area contributed by atoms with Crippen molar-refractivity contribution in [2.75, 3.05) is 34.5 Å². The van der Waals surface area contributed by atoms with Gasteiger partial charge in [0, 0.05) is 66.2 Å². The number of carbonyl (C=O) groups is 2. The zero-order valence-electron chi connectivity index (χ0n) is 24.5. The van der Waals surface area contributed by atoms with Gasteiger partial charge in [0.05, 0.1) is 15.4 Å². The highest BCUT2D eigenvalue weighted by molar-refractivity contribution is 8.30. The van der Waals surface area contributed by atoms with Crippen molar-refractivity contribution in [3.8, 4) is 24.3 Å². The smallest absolute Gasteiger partial charge is 0.269 e. The number of hydrogen-bond donors (Lipinski definition) is 2. The van der Waals surface area contributed by atoms with Gasteiger partial charge >= 0.3 is 0 Å². The second-order valence-electron chi connectivity index (χ2n) is 9.99. The fourth-order valence-electron chi connectivity index (χ4n) is 4.19. The maximum absolute atomic E-state index is 13.8. The Balaban J connectivity index is 2.12. The summed E-state index contributed by atoms with van der Waals surface area (Å²) in [6.45, 7) is 0. The maximum atomic E-state index is 13.8. The summed E-state index contributed by atoms with van der Waals surface area (Å²) in [4.78, 5) is 48.5. The zero-order chi connectivity index (χ0) is 34.4. The standard InChI is InChI=1S/C28H24N8O8S2/c1-45(2,33-19-5-9-21(10-6-19)35(39)40)43-27-24(18(15-31)16-32)28(26(38)23(25(27)37)17(13-29)14-30)44-46(3,4)34-20-7-11-22(12-8-20)36(41)42/h5-12,27-28,33-34H,1-4H3. The van der Waals surface area contributed by atoms with E-state index in [2.05, 4.69) is 9.44 Å². The molecule has 3 rings (SSSR count). The minimum absolute atomic E-state index is 0.180. The number of Topliss-reactive ketones (excluding diaryl/α,β-unsaturated/α-hetero) is 2. The number of allylic oxidation sites excluding steroid dienone is 2. The van der Waals surface area contributed by atoms with Crippen molar-refractivity contribution in [2.45, 2.75) is 12.2 Å². The van der Waals surface area contributed by atoms with Crippen molar-refractivity contribution in [1.82, 2.24) is 0 Å². The molecule has 46 heavy (non-hydrogen) atoms. The SMILES string of the molecule is CS(C)(Nc1ccc([N+](=O)[O-])cc1)OC1C(=O)C(=C(C#N)C#N)C(=O)C(OS(C)(C)Nc2ccc([N+](=O)[O-])cc2)C1=C(C#N)C#N. The first-order valence-electron chi connectivity index (χ1n) is 12.6. The monoisotopic (exact) mass is 664 g/mol. The van der Waals surface area contributed by atoms with Gasteiger partial charge in [-0.1, -0.05) is 21.0 Å². The number of anilines is 2. The molecule has 2 aromatic carbocycles. The molecular weight excluding hydrogens is 640 g/mol. The first-order chi connectivity index (χ1) is 21.6. The van der Waals surface area contributed by atoms with Crippen molar-refractivity contribution in [3.63, 3.8) is 0 Å². The highest BCUT2D eigenvalue weighted by Crippen LogP contribution is 2.50. The lowest BCUT2D eigenvalue weighted by atomic mass is 9.80. The maximum Gasteiger partial charge on any atom is 0.269 e. The summed E-state index contributed by atoms with van der Waals surface area (Å²) in [5.74, 6) is -2.30. The van der Waals surface area contributed by atoms with Gasteiger partial charge in [0.2, 0.25) is 11.6 Å². The minimum Gasteiger partial charge on any atom is -0.328 e. The van der Waals surface area contributed by atoms with Crippen molar-refractivity contribution in [1.29, 1.82) is 21.0 Å². The van der Waals surface area contributed by atoms with Gasteiger partial charge in [-0.3, -0.25) is 29.8 Å². The molecule has 16 nitrogen and oxygen atoms in total. The van der Waals surface area contributed by atoms with E-state index in [0.717, 1.165) is 0 Å². The molecule has 0 heterocycles. The van der Waals surface area contributed by atoms with E-state index in [9.17, 15) is 50.9 Å². The Morgan fingerprint density at radius 2 is 1.00 bits per heavy atom. The highest BCUT2D eigenvalue weighted by Gasteiger charge is 2.50. The van der Waals surface area contributed by atoms with Crippen molar-refractivity contribution < 1.29 is 27.8 Å². The van der Waals surface area contributed by atoms with E-state index >= 15 is 0 Å². The fourth-order valence-corrected chi connectivity index (χ4v) is 7.04. The molecule has 0 aromatic heterocycles. The van der Waals surface area contributed by atoms with Gasteiger partial charge in [0.1, 0.15) is 35.4 Å². The molecule has 236 valence electrons. The van der Waals surface area contributed by atoms with Crippen LogP contribution in [-0.2, 0) is 18.0 Å². The number of ketones is 2. The Bertz CT molecular complexity index is 1710. The predicted octanol–water partition coefficient (Wildman–Crippen LogP) is 4.43. The Hall–Kier alpha value is -5.76. The number of carbonyl (C=O) groups excluding carboxylic acids is 2. The molecule has 1 fully saturated rings. The highest BCUT2D eigenvalue weighted by atomic mass is 32.3. The quantitative estimate of drug-likeness (QED) is 0.117. The van der Waals surface area contributed by atoms with Crippen molar-refractivity contribution in [3.05, 3.63) is 91.1 Å². The molecule has 2 unspecified atom stereocenters. The van der Waals surface area contributed by atoms with Crippen molar-refractivity contribution in [2.24, 2.45) is 0 Å². The third kappa shape index (κ3) is 7.84. The molecule has 2 aromatic rings. The van der Waals surface area contributed by atoms with Crippen LogP contribution in [0, 0.1) is 65.6 Å². The molecule has 1 aliphatic carbocycles. The molecule has 1 saturated carbocycles. The van der Waals surface area contributed by atoms with E-state index in [-0.39, 0.29) is 11.4 Å². The molecule has 0 radical (unpaired) electrons. The number of nitro groups is 2. The van der Waals surface area contributed by atoms with Gasteiger partial charge in [0.25, 0.3) is 11.4 Å². The van der Waals surface area contributed by atoms with E-state index in [4.69, 9.17) is 8.37 Å². The number of nitrogens with zero attached hydrogens (tertiary/aromatic N) is 6. The third-order valence-electron chi connectivity index (χ3n) is 6.08. The Morgan fingerprint density at radius 1 is 0.674 bits per heavy atom. The van der Waals surface area contributed by atoms with Gasteiger partial charge in [-0.2, -0.15) is 21.0 Å². The lowest BCUT2D eigenvalue weighted by Crippen LogP contribution is -2.48. The van der Waals surface area contributed by atoms with Crippen LogP contribution in [0.15, 0.2) is 70.8 Å².